The Balaban J connectivity index is 1.95. The van der Waals surface area contributed by atoms with Crippen molar-refractivity contribution in [2.45, 2.75) is 6.42 Å². The molecular weight excluding hydrogens is 396 g/mol. The quantitative estimate of drug-likeness (QED) is 0.668. The van der Waals surface area contributed by atoms with Crippen molar-refractivity contribution in [2.75, 3.05) is 12.3 Å². The van der Waals surface area contributed by atoms with Crippen LogP contribution in [0.4, 0.5) is 5.69 Å². The summed E-state index contributed by atoms with van der Waals surface area (Å²) < 4.78 is 0.790. The first-order valence-electron chi connectivity index (χ1n) is 7.19. The molecule has 0 aliphatic carbocycles. The summed E-state index contributed by atoms with van der Waals surface area (Å²) in [7, 11) is 0. The second kappa shape index (κ2) is 7.51. The molecule has 0 unspecified atom stereocenters. The summed E-state index contributed by atoms with van der Waals surface area (Å²) in [5, 5.41) is 1.28. The van der Waals surface area contributed by atoms with Gasteiger partial charge in [-0.2, -0.15) is 0 Å². The summed E-state index contributed by atoms with van der Waals surface area (Å²) >= 11 is 11.2. The van der Waals surface area contributed by atoms with Crippen molar-refractivity contribution in [3.05, 3.63) is 63.6 Å². The molecule has 1 fully saturated rings. The van der Waals surface area contributed by atoms with E-state index < -0.39 is 0 Å². The van der Waals surface area contributed by atoms with E-state index in [4.69, 9.17) is 11.6 Å². The lowest BCUT2D eigenvalue weighted by Crippen LogP contribution is -2.39. The van der Waals surface area contributed by atoms with Gasteiger partial charge in [-0.05, 0) is 46.6 Å². The molecule has 0 spiro atoms. The third kappa shape index (κ3) is 3.79. The van der Waals surface area contributed by atoms with Crippen LogP contribution in [-0.4, -0.2) is 28.3 Å². The summed E-state index contributed by atoms with van der Waals surface area (Å²) in [5.74, 6) is 0.902. The monoisotopic (exact) mass is 408 g/mol. The number of carbonyl (C=O) groups is 1. The minimum Gasteiger partial charge on any atom is -0.287 e. The van der Waals surface area contributed by atoms with Crippen LogP contribution >= 0.6 is 39.3 Å². The van der Waals surface area contributed by atoms with Crippen LogP contribution in [0.3, 0.4) is 0 Å². The number of carbonyl (C=O) groups excluding carboxylic acids is 1. The second-order valence-corrected chi connectivity index (χ2v) is 7.31. The third-order valence-corrected chi connectivity index (χ3v) is 5.48. The molecule has 1 heterocycles. The van der Waals surface area contributed by atoms with Crippen molar-refractivity contribution in [1.82, 2.24) is 4.90 Å². The van der Waals surface area contributed by atoms with E-state index in [2.05, 4.69) is 20.9 Å². The SMILES string of the molecule is O=C(c1ccccc1Br)N1CCCSC1=Nc1ccccc1Cl. The molecule has 0 saturated carbocycles. The van der Waals surface area contributed by atoms with E-state index in [-0.39, 0.29) is 5.91 Å². The van der Waals surface area contributed by atoms with Crippen LogP contribution in [-0.2, 0) is 0 Å². The maximum Gasteiger partial charge on any atom is 0.260 e. The van der Waals surface area contributed by atoms with Gasteiger partial charge in [-0.25, -0.2) is 4.99 Å². The predicted molar refractivity (Wildman–Crippen MR) is 101 cm³/mol. The maximum atomic E-state index is 12.9. The van der Waals surface area contributed by atoms with Crippen molar-refractivity contribution < 1.29 is 4.79 Å². The number of nitrogens with zero attached hydrogens (tertiary/aromatic N) is 2. The van der Waals surface area contributed by atoms with Crippen LogP contribution < -0.4 is 0 Å². The van der Waals surface area contributed by atoms with E-state index in [1.165, 1.54) is 0 Å². The average Bonchev–Trinajstić information content (AvgIpc) is 2.57. The number of para-hydroxylation sites is 1. The smallest absolute Gasteiger partial charge is 0.260 e. The number of hydrogen-bond donors (Lipinski definition) is 0. The van der Waals surface area contributed by atoms with Crippen LogP contribution in [0, 0.1) is 0 Å². The number of amidine groups is 1. The normalized spacial score (nSPS) is 16.6. The summed E-state index contributed by atoms with van der Waals surface area (Å²) in [5.41, 5.74) is 1.32. The molecule has 23 heavy (non-hydrogen) atoms. The fourth-order valence-electron chi connectivity index (χ4n) is 2.27. The van der Waals surface area contributed by atoms with Crippen molar-refractivity contribution in [3.8, 4) is 0 Å². The van der Waals surface area contributed by atoms with Crippen molar-refractivity contribution in [3.63, 3.8) is 0 Å². The number of amides is 1. The average molecular weight is 410 g/mol. The third-order valence-electron chi connectivity index (χ3n) is 3.41. The number of thioether (sulfide) groups is 1. The van der Waals surface area contributed by atoms with Gasteiger partial charge >= 0.3 is 0 Å². The van der Waals surface area contributed by atoms with Crippen molar-refractivity contribution in [1.29, 1.82) is 0 Å². The first kappa shape index (κ1) is 16.6. The molecule has 1 amide bonds. The highest BCUT2D eigenvalue weighted by molar-refractivity contribution is 9.10. The minimum absolute atomic E-state index is 0.0459. The molecule has 0 aromatic heterocycles. The zero-order chi connectivity index (χ0) is 16.2. The van der Waals surface area contributed by atoms with E-state index >= 15 is 0 Å². The van der Waals surface area contributed by atoms with Gasteiger partial charge in [-0.3, -0.25) is 9.69 Å². The number of rotatable bonds is 2. The topological polar surface area (TPSA) is 32.7 Å². The fraction of sp³-hybridized carbons (Fsp3) is 0.176. The Morgan fingerprint density at radius 3 is 2.70 bits per heavy atom. The number of hydrogen-bond acceptors (Lipinski definition) is 3. The summed E-state index contributed by atoms with van der Waals surface area (Å²) in [6.07, 6.45) is 0.947. The molecule has 6 heteroatoms. The lowest BCUT2D eigenvalue weighted by molar-refractivity contribution is 0.0848. The number of benzene rings is 2. The van der Waals surface area contributed by atoms with Gasteiger partial charge in [0, 0.05) is 16.8 Å². The highest BCUT2D eigenvalue weighted by Gasteiger charge is 2.26. The number of halogens is 2. The molecule has 3 rings (SSSR count). The highest BCUT2D eigenvalue weighted by Crippen LogP contribution is 2.29. The standard InChI is InChI=1S/C17H14BrClN2OS/c18-13-7-2-1-6-12(13)16(22)21-10-5-11-23-17(21)20-15-9-4-3-8-14(15)19/h1-4,6-9H,5,10-11H2. The molecule has 3 nitrogen and oxygen atoms in total. The first-order valence-corrected chi connectivity index (χ1v) is 9.35. The Morgan fingerprint density at radius 1 is 1.17 bits per heavy atom. The van der Waals surface area contributed by atoms with Crippen LogP contribution in [0.1, 0.15) is 16.8 Å². The van der Waals surface area contributed by atoms with Crippen molar-refractivity contribution in [2.24, 2.45) is 4.99 Å². The largest absolute Gasteiger partial charge is 0.287 e. The van der Waals surface area contributed by atoms with Gasteiger partial charge in [0.15, 0.2) is 5.17 Å². The molecule has 1 saturated heterocycles. The summed E-state index contributed by atoms with van der Waals surface area (Å²) in [6.45, 7) is 0.663. The molecule has 118 valence electrons. The highest BCUT2D eigenvalue weighted by atomic mass is 79.9. The summed E-state index contributed by atoms with van der Waals surface area (Å²) in [6, 6.07) is 14.8. The molecular formula is C17H14BrClN2OS. The van der Waals surface area contributed by atoms with Crippen LogP contribution in [0.2, 0.25) is 5.02 Å². The van der Waals surface area contributed by atoms with Crippen molar-refractivity contribution >= 4 is 56.1 Å². The molecule has 0 N–H and O–H groups in total. The Hall–Kier alpha value is -1.30. The molecule has 2 aromatic carbocycles. The van der Waals surface area contributed by atoms with Gasteiger partial charge in [0.05, 0.1) is 16.3 Å². The lowest BCUT2D eigenvalue weighted by Gasteiger charge is -2.28. The minimum atomic E-state index is -0.0459. The Labute approximate surface area is 152 Å². The molecule has 0 bridgehead atoms. The predicted octanol–water partition coefficient (Wildman–Crippen LogP) is 5.37. The van der Waals surface area contributed by atoms with Crippen LogP contribution in [0.5, 0.6) is 0 Å². The van der Waals surface area contributed by atoms with Gasteiger partial charge in [-0.1, -0.05) is 47.6 Å². The molecule has 1 aliphatic heterocycles. The van der Waals surface area contributed by atoms with E-state index in [9.17, 15) is 4.79 Å². The lowest BCUT2D eigenvalue weighted by atomic mass is 10.2. The molecule has 0 atom stereocenters. The first-order chi connectivity index (χ1) is 11.2. The van der Waals surface area contributed by atoms with E-state index in [1.54, 1.807) is 22.7 Å². The molecule has 1 aliphatic rings. The van der Waals surface area contributed by atoms with Crippen LogP contribution in [0.15, 0.2) is 58.0 Å². The fourth-order valence-corrected chi connectivity index (χ4v) is 3.85. The maximum absolute atomic E-state index is 12.9. The van der Waals surface area contributed by atoms with Gasteiger partial charge in [0.2, 0.25) is 0 Å². The van der Waals surface area contributed by atoms with E-state index in [1.807, 2.05) is 42.5 Å². The Morgan fingerprint density at radius 2 is 1.91 bits per heavy atom. The summed E-state index contributed by atoms with van der Waals surface area (Å²) in [4.78, 5) is 19.2. The van der Waals surface area contributed by atoms with Gasteiger partial charge in [-0.15, -0.1) is 0 Å². The zero-order valence-corrected chi connectivity index (χ0v) is 15.4. The van der Waals surface area contributed by atoms with E-state index in [0.29, 0.717) is 28.0 Å². The second-order valence-electron chi connectivity index (χ2n) is 4.98. The van der Waals surface area contributed by atoms with E-state index in [0.717, 1.165) is 16.6 Å². The van der Waals surface area contributed by atoms with Gasteiger partial charge < -0.3 is 0 Å². The van der Waals surface area contributed by atoms with Gasteiger partial charge in [0.25, 0.3) is 5.91 Å². The zero-order valence-electron chi connectivity index (χ0n) is 12.2. The molecule has 2 aromatic rings. The molecule has 0 radical (unpaired) electrons. The Bertz CT molecular complexity index is 766. The number of aliphatic imine (C=N–C) groups is 1. The van der Waals surface area contributed by atoms with Crippen LogP contribution in [0.25, 0.3) is 0 Å². The Kier molecular flexibility index (Phi) is 5.41. The van der Waals surface area contributed by atoms with Gasteiger partial charge in [0.1, 0.15) is 0 Å².